The van der Waals surface area contributed by atoms with Gasteiger partial charge >= 0.3 is 0 Å². The fraction of sp³-hybridized carbons (Fsp3) is 0.412. The normalized spacial score (nSPS) is 11.1. The molecule has 0 aliphatic heterocycles. The highest BCUT2D eigenvalue weighted by molar-refractivity contribution is 5.86. The highest BCUT2D eigenvalue weighted by Crippen LogP contribution is 2.26. The van der Waals surface area contributed by atoms with Crippen molar-refractivity contribution in [1.82, 2.24) is 9.88 Å². The molecule has 0 unspecified atom stereocenters. The van der Waals surface area contributed by atoms with Gasteiger partial charge in [-0.2, -0.15) is 0 Å². The van der Waals surface area contributed by atoms with Crippen LogP contribution in [0, 0.1) is 13.8 Å². The Labute approximate surface area is 116 Å². The number of hydrogen-bond donors (Lipinski definition) is 1. The Morgan fingerprint density at radius 3 is 2.79 bits per heavy atom. The number of rotatable bonds is 6. The number of benzene rings is 1. The summed E-state index contributed by atoms with van der Waals surface area (Å²) in [7, 11) is 0. The van der Waals surface area contributed by atoms with Crippen LogP contribution >= 0.6 is 0 Å². The molecule has 1 N–H and O–H groups in total. The lowest BCUT2D eigenvalue weighted by Crippen LogP contribution is -2.11. The second-order valence-electron chi connectivity index (χ2n) is 5.07. The van der Waals surface area contributed by atoms with E-state index < -0.39 is 0 Å². The van der Waals surface area contributed by atoms with Gasteiger partial charge in [0.2, 0.25) is 0 Å². The molecule has 102 valence electrons. The highest BCUT2D eigenvalue weighted by atomic mass is 15.0. The summed E-state index contributed by atoms with van der Waals surface area (Å²) in [5.74, 6) is 0. The number of fused-ring (bicyclic) bond motifs is 1. The minimum atomic E-state index is 0.947. The molecule has 0 saturated carbocycles. The van der Waals surface area contributed by atoms with Gasteiger partial charge in [-0.05, 0) is 50.1 Å². The fourth-order valence-electron chi connectivity index (χ4n) is 2.58. The zero-order valence-electron chi connectivity index (χ0n) is 12.3. The molecule has 1 aromatic carbocycles. The van der Waals surface area contributed by atoms with Crippen molar-refractivity contribution >= 4 is 10.9 Å². The third-order valence-electron chi connectivity index (χ3n) is 3.84. The maximum atomic E-state index is 3.82. The molecule has 2 nitrogen and oxygen atoms in total. The second kappa shape index (κ2) is 6.07. The van der Waals surface area contributed by atoms with Crippen molar-refractivity contribution in [3.05, 3.63) is 47.7 Å². The third-order valence-corrected chi connectivity index (χ3v) is 3.84. The van der Waals surface area contributed by atoms with E-state index in [0.717, 1.165) is 26.1 Å². The van der Waals surface area contributed by atoms with Crippen LogP contribution in [0.25, 0.3) is 10.9 Å². The summed E-state index contributed by atoms with van der Waals surface area (Å²) in [6, 6.07) is 6.81. The molecule has 2 heteroatoms. The van der Waals surface area contributed by atoms with Gasteiger partial charge in [-0.25, -0.2) is 0 Å². The van der Waals surface area contributed by atoms with Gasteiger partial charge in [0, 0.05) is 29.7 Å². The maximum absolute atomic E-state index is 3.82. The van der Waals surface area contributed by atoms with E-state index in [1.54, 1.807) is 0 Å². The van der Waals surface area contributed by atoms with E-state index in [2.05, 4.69) is 55.4 Å². The SMILES string of the molecule is C=CCCn1c(C)c(C)c2cc(CNCC)ccc21. The van der Waals surface area contributed by atoms with Crippen molar-refractivity contribution in [3.8, 4) is 0 Å². The summed E-state index contributed by atoms with van der Waals surface area (Å²) >= 11 is 0. The Bertz CT molecular complexity index is 578. The predicted molar refractivity (Wildman–Crippen MR) is 83.6 cm³/mol. The predicted octanol–water partition coefficient (Wildman–Crippen LogP) is 3.94. The second-order valence-corrected chi connectivity index (χ2v) is 5.07. The van der Waals surface area contributed by atoms with Crippen molar-refractivity contribution in [1.29, 1.82) is 0 Å². The van der Waals surface area contributed by atoms with Crippen LogP contribution in [0.15, 0.2) is 30.9 Å². The summed E-state index contributed by atoms with van der Waals surface area (Å²) < 4.78 is 2.41. The van der Waals surface area contributed by atoms with Crippen LogP contribution in [0.1, 0.15) is 30.2 Å². The molecular formula is C17H24N2. The van der Waals surface area contributed by atoms with Gasteiger partial charge in [-0.1, -0.05) is 19.1 Å². The molecule has 2 aromatic rings. The first-order valence-corrected chi connectivity index (χ1v) is 7.09. The fourth-order valence-corrected chi connectivity index (χ4v) is 2.58. The first kappa shape index (κ1) is 13.9. The molecule has 0 saturated heterocycles. The molecule has 1 heterocycles. The van der Waals surface area contributed by atoms with Crippen LogP contribution in [0.2, 0.25) is 0 Å². The molecule has 0 aliphatic rings. The topological polar surface area (TPSA) is 17.0 Å². The lowest BCUT2D eigenvalue weighted by atomic mass is 10.1. The number of nitrogens with one attached hydrogen (secondary N) is 1. The number of allylic oxidation sites excluding steroid dienone is 1. The van der Waals surface area contributed by atoms with E-state index >= 15 is 0 Å². The van der Waals surface area contributed by atoms with E-state index in [0.29, 0.717) is 0 Å². The summed E-state index contributed by atoms with van der Waals surface area (Å²) in [5.41, 5.74) is 5.48. The molecule has 0 bridgehead atoms. The minimum absolute atomic E-state index is 0.947. The number of hydrogen-bond acceptors (Lipinski definition) is 1. The molecule has 0 amide bonds. The van der Waals surface area contributed by atoms with E-state index in [-0.39, 0.29) is 0 Å². The molecule has 0 fully saturated rings. The Balaban J connectivity index is 2.43. The zero-order chi connectivity index (χ0) is 13.8. The first-order valence-electron chi connectivity index (χ1n) is 7.09. The molecule has 0 atom stereocenters. The molecular weight excluding hydrogens is 232 g/mol. The minimum Gasteiger partial charge on any atom is -0.344 e. The summed E-state index contributed by atoms with van der Waals surface area (Å²) in [6.07, 6.45) is 3.00. The number of aryl methyl sites for hydroxylation is 2. The largest absolute Gasteiger partial charge is 0.344 e. The summed E-state index contributed by atoms with van der Waals surface area (Å²) in [5, 5.41) is 4.77. The van der Waals surface area contributed by atoms with Crippen LogP contribution in [-0.4, -0.2) is 11.1 Å². The van der Waals surface area contributed by atoms with Gasteiger partial charge in [0.25, 0.3) is 0 Å². The lowest BCUT2D eigenvalue weighted by Gasteiger charge is -2.07. The van der Waals surface area contributed by atoms with Crippen molar-refractivity contribution in [2.24, 2.45) is 0 Å². The molecule has 2 rings (SSSR count). The standard InChI is InChI=1S/C17H24N2/c1-5-7-10-19-14(4)13(3)16-11-15(12-18-6-2)8-9-17(16)19/h5,8-9,11,18H,1,6-7,10,12H2,2-4H3. The van der Waals surface area contributed by atoms with Crippen molar-refractivity contribution in [2.75, 3.05) is 6.54 Å². The first-order chi connectivity index (χ1) is 9.19. The molecule has 0 spiro atoms. The zero-order valence-corrected chi connectivity index (χ0v) is 12.3. The average Bonchev–Trinajstić information content (AvgIpc) is 2.67. The van der Waals surface area contributed by atoms with Crippen LogP contribution in [-0.2, 0) is 13.1 Å². The van der Waals surface area contributed by atoms with Gasteiger partial charge in [0.1, 0.15) is 0 Å². The quantitative estimate of drug-likeness (QED) is 0.775. The number of nitrogens with zero attached hydrogens (tertiary/aromatic N) is 1. The Hall–Kier alpha value is -1.54. The molecule has 19 heavy (non-hydrogen) atoms. The van der Waals surface area contributed by atoms with Gasteiger partial charge in [-0.15, -0.1) is 6.58 Å². The van der Waals surface area contributed by atoms with Crippen LogP contribution in [0.5, 0.6) is 0 Å². The van der Waals surface area contributed by atoms with Crippen molar-refractivity contribution in [3.63, 3.8) is 0 Å². The number of aromatic nitrogens is 1. The molecule has 0 radical (unpaired) electrons. The molecule has 0 aliphatic carbocycles. The Morgan fingerprint density at radius 2 is 2.11 bits per heavy atom. The van der Waals surface area contributed by atoms with Gasteiger partial charge in [0.15, 0.2) is 0 Å². The average molecular weight is 256 g/mol. The van der Waals surface area contributed by atoms with Crippen LogP contribution in [0.4, 0.5) is 0 Å². The van der Waals surface area contributed by atoms with E-state index in [9.17, 15) is 0 Å². The highest BCUT2D eigenvalue weighted by Gasteiger charge is 2.10. The summed E-state index contributed by atoms with van der Waals surface area (Å²) in [4.78, 5) is 0. The third kappa shape index (κ3) is 2.74. The van der Waals surface area contributed by atoms with Crippen LogP contribution in [0.3, 0.4) is 0 Å². The monoisotopic (exact) mass is 256 g/mol. The van der Waals surface area contributed by atoms with E-state index in [1.165, 1.54) is 27.7 Å². The Kier molecular flexibility index (Phi) is 4.43. The van der Waals surface area contributed by atoms with Crippen LogP contribution < -0.4 is 5.32 Å². The van der Waals surface area contributed by atoms with Gasteiger partial charge in [-0.3, -0.25) is 0 Å². The smallest absolute Gasteiger partial charge is 0.0485 e. The maximum Gasteiger partial charge on any atom is 0.0485 e. The van der Waals surface area contributed by atoms with Crippen molar-refractivity contribution in [2.45, 2.75) is 40.3 Å². The van der Waals surface area contributed by atoms with E-state index in [4.69, 9.17) is 0 Å². The van der Waals surface area contributed by atoms with E-state index in [1.807, 2.05) is 6.08 Å². The Morgan fingerprint density at radius 1 is 1.32 bits per heavy atom. The van der Waals surface area contributed by atoms with Crippen molar-refractivity contribution < 1.29 is 0 Å². The van der Waals surface area contributed by atoms with Gasteiger partial charge in [0.05, 0.1) is 0 Å². The lowest BCUT2D eigenvalue weighted by molar-refractivity contribution is 0.714. The summed E-state index contributed by atoms with van der Waals surface area (Å²) in [6.45, 7) is 13.4. The van der Waals surface area contributed by atoms with Gasteiger partial charge < -0.3 is 9.88 Å². The molecule has 1 aromatic heterocycles.